The number of para-hydroxylation sites is 1. The molecular formula is C14H21NO4. The maximum Gasteiger partial charge on any atom is 0.303 e. The first-order valence-electron chi connectivity index (χ1n) is 6.19. The number of aryl methyl sites for hydroxylation is 1. The van der Waals surface area contributed by atoms with Crippen molar-refractivity contribution in [1.29, 1.82) is 0 Å². The van der Waals surface area contributed by atoms with Crippen LogP contribution >= 0.6 is 0 Å². The Hall–Kier alpha value is -1.75. The van der Waals surface area contributed by atoms with Crippen molar-refractivity contribution >= 4 is 5.97 Å². The molecule has 0 heterocycles. The van der Waals surface area contributed by atoms with Crippen LogP contribution in [0.5, 0.6) is 11.5 Å². The first kappa shape index (κ1) is 15.3. The van der Waals surface area contributed by atoms with E-state index in [9.17, 15) is 4.79 Å². The minimum absolute atomic E-state index is 0.0806. The molecule has 19 heavy (non-hydrogen) atoms. The molecule has 0 radical (unpaired) electrons. The number of carboxylic acids is 1. The van der Waals surface area contributed by atoms with Crippen molar-refractivity contribution in [2.75, 3.05) is 34.4 Å². The van der Waals surface area contributed by atoms with Gasteiger partial charge in [0.15, 0.2) is 11.5 Å². The third-order valence-electron chi connectivity index (χ3n) is 2.67. The molecule has 0 saturated carbocycles. The normalized spacial score (nSPS) is 10.5. The van der Waals surface area contributed by atoms with E-state index in [0.717, 1.165) is 12.1 Å². The minimum atomic E-state index is -0.818. The van der Waals surface area contributed by atoms with Crippen LogP contribution in [0.1, 0.15) is 12.0 Å². The van der Waals surface area contributed by atoms with Gasteiger partial charge in [-0.3, -0.25) is 4.79 Å². The van der Waals surface area contributed by atoms with Crippen molar-refractivity contribution in [2.24, 2.45) is 0 Å². The Morgan fingerprint density at radius 3 is 2.68 bits per heavy atom. The molecule has 0 aliphatic rings. The third-order valence-corrected chi connectivity index (χ3v) is 2.67. The molecule has 1 aromatic carbocycles. The summed E-state index contributed by atoms with van der Waals surface area (Å²) in [6, 6.07) is 5.53. The molecule has 0 aromatic heterocycles. The van der Waals surface area contributed by atoms with Crippen LogP contribution in [-0.4, -0.2) is 50.3 Å². The predicted molar refractivity (Wildman–Crippen MR) is 73.0 cm³/mol. The van der Waals surface area contributed by atoms with Crippen LogP contribution in [0.3, 0.4) is 0 Å². The molecule has 1 N–H and O–H groups in total. The average Bonchev–Trinajstić information content (AvgIpc) is 2.36. The number of benzene rings is 1. The van der Waals surface area contributed by atoms with E-state index in [0.29, 0.717) is 24.5 Å². The minimum Gasteiger partial charge on any atom is -0.493 e. The van der Waals surface area contributed by atoms with Gasteiger partial charge in [-0.05, 0) is 32.1 Å². The highest BCUT2D eigenvalue weighted by Gasteiger charge is 2.11. The highest BCUT2D eigenvalue weighted by Crippen LogP contribution is 2.31. The molecule has 5 heteroatoms. The summed E-state index contributed by atoms with van der Waals surface area (Å²) in [6.07, 6.45) is 0.515. The lowest BCUT2D eigenvalue weighted by atomic mass is 10.1. The largest absolute Gasteiger partial charge is 0.493 e. The highest BCUT2D eigenvalue weighted by molar-refractivity contribution is 5.67. The van der Waals surface area contributed by atoms with Gasteiger partial charge in [-0.25, -0.2) is 0 Å². The summed E-state index contributed by atoms with van der Waals surface area (Å²) in [7, 11) is 5.52. The lowest BCUT2D eigenvalue weighted by Gasteiger charge is -2.16. The summed E-state index contributed by atoms with van der Waals surface area (Å²) in [5.41, 5.74) is 0.862. The van der Waals surface area contributed by atoms with Crippen LogP contribution < -0.4 is 9.47 Å². The second kappa shape index (κ2) is 7.63. The van der Waals surface area contributed by atoms with Crippen LogP contribution in [0.25, 0.3) is 0 Å². The third kappa shape index (κ3) is 5.18. The van der Waals surface area contributed by atoms with E-state index in [1.807, 2.05) is 37.2 Å². The first-order valence-corrected chi connectivity index (χ1v) is 6.19. The van der Waals surface area contributed by atoms with Crippen molar-refractivity contribution in [3.8, 4) is 11.5 Å². The fraction of sp³-hybridized carbons (Fsp3) is 0.500. The number of hydrogen-bond acceptors (Lipinski definition) is 4. The van der Waals surface area contributed by atoms with Gasteiger partial charge in [-0.1, -0.05) is 12.1 Å². The smallest absolute Gasteiger partial charge is 0.303 e. The van der Waals surface area contributed by atoms with Crippen molar-refractivity contribution in [3.05, 3.63) is 23.8 Å². The van der Waals surface area contributed by atoms with Gasteiger partial charge in [-0.2, -0.15) is 0 Å². The number of likely N-dealkylation sites (N-methyl/N-ethyl adjacent to an activating group) is 1. The molecule has 5 nitrogen and oxygen atoms in total. The van der Waals surface area contributed by atoms with E-state index in [2.05, 4.69) is 0 Å². The summed E-state index contributed by atoms with van der Waals surface area (Å²) in [5, 5.41) is 8.76. The summed E-state index contributed by atoms with van der Waals surface area (Å²) in [4.78, 5) is 12.7. The SMILES string of the molecule is COc1cccc(CCC(=O)O)c1OCCN(C)C. The van der Waals surface area contributed by atoms with Crippen molar-refractivity contribution in [3.63, 3.8) is 0 Å². The van der Waals surface area contributed by atoms with E-state index in [1.54, 1.807) is 7.11 Å². The molecule has 0 amide bonds. The Balaban J connectivity index is 2.80. The molecule has 0 fully saturated rings. The molecule has 106 valence electrons. The number of methoxy groups -OCH3 is 1. The van der Waals surface area contributed by atoms with Crippen molar-refractivity contribution < 1.29 is 19.4 Å². The van der Waals surface area contributed by atoms with Gasteiger partial charge in [0.2, 0.25) is 0 Å². The maximum atomic E-state index is 10.7. The van der Waals surface area contributed by atoms with Crippen LogP contribution in [0.2, 0.25) is 0 Å². The Labute approximate surface area is 113 Å². The van der Waals surface area contributed by atoms with Gasteiger partial charge >= 0.3 is 5.97 Å². The second-order valence-electron chi connectivity index (χ2n) is 4.49. The van der Waals surface area contributed by atoms with E-state index in [-0.39, 0.29) is 6.42 Å². The first-order chi connectivity index (χ1) is 9.04. The summed E-state index contributed by atoms with van der Waals surface area (Å²) < 4.78 is 11.0. The van der Waals surface area contributed by atoms with E-state index in [1.165, 1.54) is 0 Å². The Bertz CT molecular complexity index is 418. The molecule has 1 rings (SSSR count). The number of carbonyl (C=O) groups is 1. The molecule has 0 saturated heterocycles. The van der Waals surface area contributed by atoms with Gasteiger partial charge in [-0.15, -0.1) is 0 Å². The zero-order valence-electron chi connectivity index (χ0n) is 11.7. The van der Waals surface area contributed by atoms with Gasteiger partial charge < -0.3 is 19.5 Å². The lowest BCUT2D eigenvalue weighted by molar-refractivity contribution is -0.136. The predicted octanol–water partition coefficient (Wildman–Crippen LogP) is 1.65. The van der Waals surface area contributed by atoms with Crippen LogP contribution in [0.15, 0.2) is 18.2 Å². The standard InChI is InChI=1S/C14H21NO4/c1-15(2)9-10-19-14-11(7-8-13(16)17)5-4-6-12(14)18-3/h4-6H,7-10H2,1-3H3,(H,16,17). The lowest BCUT2D eigenvalue weighted by Crippen LogP contribution is -2.20. The Kier molecular flexibility index (Phi) is 6.15. The van der Waals surface area contributed by atoms with Gasteiger partial charge in [0.1, 0.15) is 6.61 Å². The Morgan fingerprint density at radius 2 is 2.11 bits per heavy atom. The van der Waals surface area contributed by atoms with Gasteiger partial charge in [0.25, 0.3) is 0 Å². The monoisotopic (exact) mass is 267 g/mol. The zero-order chi connectivity index (χ0) is 14.3. The van der Waals surface area contributed by atoms with Crippen molar-refractivity contribution in [1.82, 2.24) is 4.90 Å². The quantitative estimate of drug-likeness (QED) is 0.776. The average molecular weight is 267 g/mol. The molecule has 1 aromatic rings. The topological polar surface area (TPSA) is 59.0 Å². The molecule has 0 unspecified atom stereocenters. The van der Waals surface area contributed by atoms with Crippen molar-refractivity contribution in [2.45, 2.75) is 12.8 Å². The molecular weight excluding hydrogens is 246 g/mol. The van der Waals surface area contributed by atoms with E-state index >= 15 is 0 Å². The molecule has 0 atom stereocenters. The maximum absolute atomic E-state index is 10.7. The molecule has 0 spiro atoms. The number of ether oxygens (including phenoxy) is 2. The van der Waals surface area contributed by atoms with Crippen LogP contribution in [0, 0.1) is 0 Å². The fourth-order valence-corrected chi connectivity index (χ4v) is 1.65. The highest BCUT2D eigenvalue weighted by atomic mass is 16.5. The van der Waals surface area contributed by atoms with Gasteiger partial charge in [0, 0.05) is 13.0 Å². The zero-order valence-corrected chi connectivity index (χ0v) is 11.7. The molecule has 0 aliphatic heterocycles. The fourth-order valence-electron chi connectivity index (χ4n) is 1.65. The second-order valence-corrected chi connectivity index (χ2v) is 4.49. The number of rotatable bonds is 8. The van der Waals surface area contributed by atoms with E-state index < -0.39 is 5.97 Å². The number of hydrogen-bond donors (Lipinski definition) is 1. The summed E-state index contributed by atoms with van der Waals surface area (Å²) in [5.74, 6) is 0.469. The molecule has 0 aliphatic carbocycles. The summed E-state index contributed by atoms with van der Waals surface area (Å²) in [6.45, 7) is 1.32. The summed E-state index contributed by atoms with van der Waals surface area (Å²) >= 11 is 0. The number of carboxylic acid groups (broad SMARTS) is 1. The van der Waals surface area contributed by atoms with Crippen LogP contribution in [0.4, 0.5) is 0 Å². The van der Waals surface area contributed by atoms with Crippen LogP contribution in [-0.2, 0) is 11.2 Å². The molecule has 0 bridgehead atoms. The number of aliphatic carboxylic acids is 1. The number of nitrogens with zero attached hydrogens (tertiary/aromatic N) is 1. The van der Waals surface area contributed by atoms with Gasteiger partial charge in [0.05, 0.1) is 7.11 Å². The Morgan fingerprint density at radius 1 is 1.37 bits per heavy atom. The van der Waals surface area contributed by atoms with E-state index in [4.69, 9.17) is 14.6 Å².